The molecule has 5 rings (SSSR count). The van der Waals surface area contributed by atoms with Gasteiger partial charge in [0.25, 0.3) is 0 Å². The zero-order chi connectivity index (χ0) is 21.0. The molecular formula is C21H21N5O3S. The molecule has 0 saturated carbocycles. The number of nitrogens with one attached hydrogen (secondary N) is 1. The summed E-state index contributed by atoms with van der Waals surface area (Å²) in [6, 6.07) is 6.87. The number of nitrogens with zero attached hydrogens (tertiary/aromatic N) is 3. The van der Waals surface area contributed by atoms with Crippen LogP contribution < -0.4 is 10.7 Å². The molecule has 2 amide bonds. The number of hydrogen-bond acceptors (Lipinski definition) is 6. The number of aromatic nitrogens is 2. The number of thiophene rings is 1. The van der Waals surface area contributed by atoms with Gasteiger partial charge in [-0.2, -0.15) is 5.10 Å². The highest BCUT2D eigenvalue weighted by Crippen LogP contribution is 2.45. The molecule has 8 nitrogen and oxygen atoms in total. The van der Waals surface area contributed by atoms with Crippen molar-refractivity contribution < 1.29 is 14.3 Å². The van der Waals surface area contributed by atoms with Crippen LogP contribution in [0.15, 0.2) is 24.3 Å². The van der Waals surface area contributed by atoms with E-state index in [9.17, 15) is 9.59 Å². The highest BCUT2D eigenvalue weighted by Gasteiger charge is 2.38. The maximum Gasteiger partial charge on any atom is 0.334 e. The Morgan fingerprint density at radius 1 is 1.23 bits per heavy atom. The number of urea groups is 1. The second-order valence-corrected chi connectivity index (χ2v) is 8.85. The molecular weight excluding hydrogens is 402 g/mol. The molecule has 1 fully saturated rings. The van der Waals surface area contributed by atoms with Crippen LogP contribution in [0.1, 0.15) is 25.7 Å². The van der Waals surface area contributed by atoms with Crippen LogP contribution in [-0.4, -0.2) is 53.3 Å². The standard InChI is InChI=1S/C21H21N5O3S/c1-11-10-14(12(2)30-11)19-17-18(23-24-19)13-4-3-5-15(16(13)20(17)27)26(21(22)28)25-6-8-29-9-7-25/h3-5,10H,6-9H2,1-2H3,(H2,22,28)(H,23,24). The molecule has 30 heavy (non-hydrogen) atoms. The van der Waals surface area contributed by atoms with Gasteiger partial charge in [-0.05, 0) is 26.0 Å². The smallest absolute Gasteiger partial charge is 0.334 e. The van der Waals surface area contributed by atoms with Gasteiger partial charge in [-0.1, -0.05) is 12.1 Å². The predicted molar refractivity (Wildman–Crippen MR) is 115 cm³/mol. The molecule has 0 radical (unpaired) electrons. The molecule has 1 aliphatic carbocycles. The summed E-state index contributed by atoms with van der Waals surface area (Å²) in [5.74, 6) is -0.151. The largest absolute Gasteiger partial charge is 0.379 e. The van der Waals surface area contributed by atoms with Gasteiger partial charge < -0.3 is 10.5 Å². The lowest BCUT2D eigenvalue weighted by Crippen LogP contribution is -2.54. The van der Waals surface area contributed by atoms with Gasteiger partial charge in [0.2, 0.25) is 0 Å². The lowest BCUT2D eigenvalue weighted by atomic mass is 10.0. The van der Waals surface area contributed by atoms with Gasteiger partial charge >= 0.3 is 6.03 Å². The second-order valence-electron chi connectivity index (χ2n) is 7.39. The summed E-state index contributed by atoms with van der Waals surface area (Å²) in [6.07, 6.45) is 0. The minimum Gasteiger partial charge on any atom is -0.379 e. The minimum absolute atomic E-state index is 0.151. The van der Waals surface area contributed by atoms with Crippen molar-refractivity contribution in [3.05, 3.63) is 45.1 Å². The zero-order valence-corrected chi connectivity index (χ0v) is 17.5. The van der Waals surface area contributed by atoms with Gasteiger partial charge in [0, 0.05) is 34.0 Å². The van der Waals surface area contributed by atoms with Crippen molar-refractivity contribution in [2.75, 3.05) is 31.3 Å². The number of aromatic amines is 1. The van der Waals surface area contributed by atoms with E-state index in [1.807, 2.05) is 31.0 Å². The molecule has 154 valence electrons. The Bertz CT molecular complexity index is 1180. The Labute approximate surface area is 177 Å². The van der Waals surface area contributed by atoms with Gasteiger partial charge in [0.05, 0.1) is 35.7 Å². The molecule has 3 aromatic rings. The van der Waals surface area contributed by atoms with Crippen LogP contribution in [0.4, 0.5) is 10.5 Å². The van der Waals surface area contributed by atoms with Crippen LogP contribution in [-0.2, 0) is 4.74 Å². The number of fused-ring (bicyclic) bond motifs is 3. The number of primary amides is 1. The zero-order valence-electron chi connectivity index (χ0n) is 16.7. The number of carbonyl (C=O) groups is 2. The molecule has 1 saturated heterocycles. The topological polar surface area (TPSA) is 105 Å². The lowest BCUT2D eigenvalue weighted by molar-refractivity contribution is 0.0364. The number of ether oxygens (including phenoxy) is 1. The summed E-state index contributed by atoms with van der Waals surface area (Å²) >= 11 is 1.68. The number of rotatable bonds is 3. The molecule has 0 atom stereocenters. The molecule has 1 aromatic carbocycles. The third kappa shape index (κ3) is 2.78. The first-order valence-electron chi connectivity index (χ1n) is 9.73. The molecule has 3 N–H and O–H groups in total. The van der Waals surface area contributed by atoms with Crippen molar-refractivity contribution in [1.29, 1.82) is 0 Å². The second kappa shape index (κ2) is 7.05. The summed E-state index contributed by atoms with van der Waals surface area (Å²) in [5, 5.41) is 10.7. The highest BCUT2D eigenvalue weighted by atomic mass is 32.1. The highest BCUT2D eigenvalue weighted by molar-refractivity contribution is 7.12. The summed E-state index contributed by atoms with van der Waals surface area (Å²) in [5.41, 5.74) is 10.2. The van der Waals surface area contributed by atoms with Crippen molar-refractivity contribution in [1.82, 2.24) is 15.2 Å². The first-order valence-corrected chi connectivity index (χ1v) is 10.5. The summed E-state index contributed by atoms with van der Waals surface area (Å²) < 4.78 is 5.39. The molecule has 9 heteroatoms. The van der Waals surface area contributed by atoms with Gasteiger partial charge in [-0.15, -0.1) is 11.3 Å². The number of morpholine rings is 1. The van der Waals surface area contributed by atoms with Crippen molar-refractivity contribution in [3.8, 4) is 22.5 Å². The quantitative estimate of drug-likeness (QED) is 0.527. The Morgan fingerprint density at radius 2 is 2.00 bits per heavy atom. The fraction of sp³-hybridized carbons (Fsp3) is 0.286. The Hall–Kier alpha value is -3.01. The predicted octanol–water partition coefficient (Wildman–Crippen LogP) is 3.10. The molecule has 0 unspecified atom stereocenters. The number of anilines is 1. The van der Waals surface area contributed by atoms with Crippen LogP contribution >= 0.6 is 11.3 Å². The number of hydrazine groups is 1. The third-order valence-corrected chi connectivity index (χ3v) is 6.50. The SMILES string of the molecule is Cc1cc(-c2[nH]nc3c2C(=O)c2c-3cccc2N(C(N)=O)N2CCOCC2)c(C)s1. The fourth-order valence-corrected chi connectivity index (χ4v) is 5.20. The van der Waals surface area contributed by atoms with E-state index in [4.69, 9.17) is 10.5 Å². The molecule has 0 bridgehead atoms. The van der Waals surface area contributed by atoms with E-state index in [0.29, 0.717) is 54.4 Å². The van der Waals surface area contributed by atoms with Crippen LogP contribution in [0, 0.1) is 13.8 Å². The Morgan fingerprint density at radius 3 is 2.67 bits per heavy atom. The van der Waals surface area contributed by atoms with E-state index in [1.54, 1.807) is 17.4 Å². The van der Waals surface area contributed by atoms with Crippen molar-refractivity contribution >= 4 is 28.8 Å². The van der Waals surface area contributed by atoms with Crippen LogP contribution in [0.3, 0.4) is 0 Å². The molecule has 1 aliphatic heterocycles. The van der Waals surface area contributed by atoms with Gasteiger partial charge in [0.15, 0.2) is 5.78 Å². The molecule has 3 heterocycles. The number of nitrogens with two attached hydrogens (primary N) is 1. The molecule has 0 spiro atoms. The number of amides is 2. The maximum atomic E-state index is 13.6. The van der Waals surface area contributed by atoms with Crippen molar-refractivity contribution in [2.45, 2.75) is 13.8 Å². The Kier molecular flexibility index (Phi) is 4.46. The number of aryl methyl sites for hydroxylation is 2. The number of benzene rings is 1. The van der Waals surface area contributed by atoms with E-state index >= 15 is 0 Å². The fourth-order valence-electron chi connectivity index (χ4n) is 4.27. The monoisotopic (exact) mass is 423 g/mol. The van der Waals surface area contributed by atoms with E-state index in [-0.39, 0.29) is 5.78 Å². The summed E-state index contributed by atoms with van der Waals surface area (Å²) in [7, 11) is 0. The number of ketones is 1. The summed E-state index contributed by atoms with van der Waals surface area (Å²) in [4.78, 5) is 28.3. The first kappa shape index (κ1) is 19.0. The van der Waals surface area contributed by atoms with Crippen molar-refractivity contribution in [3.63, 3.8) is 0 Å². The van der Waals surface area contributed by atoms with Crippen LogP contribution in [0.25, 0.3) is 22.5 Å². The first-order chi connectivity index (χ1) is 14.5. The number of carbonyl (C=O) groups excluding carboxylic acids is 2. The van der Waals surface area contributed by atoms with E-state index in [2.05, 4.69) is 16.3 Å². The Balaban J connectivity index is 1.64. The van der Waals surface area contributed by atoms with E-state index in [0.717, 1.165) is 16.1 Å². The lowest BCUT2D eigenvalue weighted by Gasteiger charge is -2.36. The third-order valence-electron chi connectivity index (χ3n) is 5.54. The van der Waals surface area contributed by atoms with E-state index < -0.39 is 6.03 Å². The molecule has 2 aliphatic rings. The summed E-state index contributed by atoms with van der Waals surface area (Å²) in [6.45, 7) is 6.10. The average molecular weight is 423 g/mol. The number of hydrogen-bond donors (Lipinski definition) is 2. The van der Waals surface area contributed by atoms with Gasteiger partial charge in [-0.25, -0.2) is 14.8 Å². The van der Waals surface area contributed by atoms with Gasteiger partial charge in [-0.3, -0.25) is 9.89 Å². The van der Waals surface area contributed by atoms with Crippen molar-refractivity contribution in [2.24, 2.45) is 5.73 Å². The van der Waals surface area contributed by atoms with Crippen LogP contribution in [0.2, 0.25) is 0 Å². The average Bonchev–Trinajstić information content (AvgIpc) is 3.37. The normalized spacial score (nSPS) is 15.9. The number of H-pyrrole nitrogens is 1. The molecule has 2 aromatic heterocycles. The van der Waals surface area contributed by atoms with Crippen LogP contribution in [0.5, 0.6) is 0 Å². The minimum atomic E-state index is -0.631. The van der Waals surface area contributed by atoms with Gasteiger partial charge in [0.1, 0.15) is 5.69 Å². The van der Waals surface area contributed by atoms with E-state index in [1.165, 1.54) is 9.89 Å². The maximum absolute atomic E-state index is 13.6.